The number of carbonyl (C=O) groups is 2. The molecule has 0 saturated carbocycles. The highest BCUT2D eigenvalue weighted by molar-refractivity contribution is 7.16. The van der Waals surface area contributed by atoms with Crippen molar-refractivity contribution in [2.45, 2.75) is 33.7 Å². The summed E-state index contributed by atoms with van der Waals surface area (Å²) in [5.74, 6) is -0.897. The van der Waals surface area contributed by atoms with Gasteiger partial charge in [-0.15, -0.1) is 11.3 Å². The highest BCUT2D eigenvalue weighted by Crippen LogP contribution is 2.33. The molecule has 0 aliphatic rings. The summed E-state index contributed by atoms with van der Waals surface area (Å²) in [6.07, 6.45) is 1.66. The average Bonchev–Trinajstić information content (AvgIpc) is 3.28. The molecule has 3 heterocycles. The topological polar surface area (TPSA) is 103 Å². The van der Waals surface area contributed by atoms with Crippen LogP contribution in [0.4, 0.5) is 5.00 Å². The predicted molar refractivity (Wildman–Crippen MR) is 124 cm³/mol. The Hall–Kier alpha value is -3.52. The Labute approximate surface area is 183 Å². The number of aryl methyl sites for hydroxylation is 1. The maximum absolute atomic E-state index is 13.4. The first-order valence-electron chi connectivity index (χ1n) is 9.92. The van der Waals surface area contributed by atoms with Gasteiger partial charge < -0.3 is 11.1 Å². The normalized spacial score (nSPS) is 11.3. The van der Waals surface area contributed by atoms with Crippen molar-refractivity contribution >= 4 is 39.2 Å². The van der Waals surface area contributed by atoms with E-state index in [1.54, 1.807) is 16.9 Å². The molecule has 0 radical (unpaired) electrons. The average molecular weight is 434 g/mol. The minimum Gasteiger partial charge on any atom is -0.365 e. The standard InChI is InChI=1S/C23H23N5O2S/c1-12(2)28-21-17(11-25-28)16(10-18(26-21)15-8-6-5-7-9-15)22(30)27-23-19(20(24)29)13(3)14(4)31-23/h5-12H,1-4H3,(H2,24,29)(H,27,30). The fraction of sp³-hybridized carbons (Fsp3) is 0.217. The summed E-state index contributed by atoms with van der Waals surface area (Å²) in [4.78, 5) is 31.0. The first kappa shape index (κ1) is 20.7. The number of nitrogens with one attached hydrogen (secondary N) is 1. The second-order valence-corrected chi connectivity index (χ2v) is 8.87. The van der Waals surface area contributed by atoms with Crippen LogP contribution in [0.25, 0.3) is 22.3 Å². The van der Waals surface area contributed by atoms with Crippen LogP contribution in [-0.4, -0.2) is 26.6 Å². The van der Waals surface area contributed by atoms with Gasteiger partial charge in [0.15, 0.2) is 5.65 Å². The number of pyridine rings is 1. The van der Waals surface area contributed by atoms with Crippen LogP contribution < -0.4 is 11.1 Å². The lowest BCUT2D eigenvalue weighted by Gasteiger charge is -2.11. The summed E-state index contributed by atoms with van der Waals surface area (Å²) in [5, 5.41) is 8.44. The molecular weight excluding hydrogens is 410 g/mol. The number of hydrogen-bond acceptors (Lipinski definition) is 5. The van der Waals surface area contributed by atoms with E-state index >= 15 is 0 Å². The molecule has 3 N–H and O–H groups in total. The quantitative estimate of drug-likeness (QED) is 0.476. The van der Waals surface area contributed by atoms with Crippen molar-refractivity contribution in [1.29, 1.82) is 0 Å². The van der Waals surface area contributed by atoms with Gasteiger partial charge in [-0.3, -0.25) is 9.59 Å². The molecule has 0 fully saturated rings. The van der Waals surface area contributed by atoms with E-state index in [1.807, 2.05) is 58.0 Å². The molecule has 7 nitrogen and oxygen atoms in total. The van der Waals surface area contributed by atoms with E-state index in [1.165, 1.54) is 11.3 Å². The number of nitrogens with two attached hydrogens (primary N) is 1. The maximum atomic E-state index is 13.4. The summed E-state index contributed by atoms with van der Waals surface area (Å²) in [6.45, 7) is 7.75. The first-order chi connectivity index (χ1) is 14.8. The Morgan fingerprint density at radius 1 is 1.16 bits per heavy atom. The minimum atomic E-state index is -0.561. The van der Waals surface area contributed by atoms with Crippen molar-refractivity contribution in [1.82, 2.24) is 14.8 Å². The van der Waals surface area contributed by atoms with Crippen LogP contribution in [-0.2, 0) is 0 Å². The Morgan fingerprint density at radius 2 is 1.87 bits per heavy atom. The van der Waals surface area contributed by atoms with E-state index in [9.17, 15) is 9.59 Å². The van der Waals surface area contributed by atoms with Crippen LogP contribution in [0.5, 0.6) is 0 Å². The fourth-order valence-corrected chi connectivity index (χ4v) is 4.58. The van der Waals surface area contributed by atoms with E-state index < -0.39 is 5.91 Å². The number of hydrogen-bond donors (Lipinski definition) is 2. The second-order valence-electron chi connectivity index (χ2n) is 7.65. The minimum absolute atomic E-state index is 0.0796. The third-order valence-corrected chi connectivity index (χ3v) is 6.35. The number of benzene rings is 1. The number of carbonyl (C=O) groups excluding carboxylic acids is 2. The molecule has 0 saturated heterocycles. The Morgan fingerprint density at radius 3 is 2.52 bits per heavy atom. The second kappa shape index (κ2) is 7.96. The van der Waals surface area contributed by atoms with Gasteiger partial charge in [-0.1, -0.05) is 30.3 Å². The van der Waals surface area contributed by atoms with Gasteiger partial charge in [0, 0.05) is 16.5 Å². The smallest absolute Gasteiger partial charge is 0.257 e. The predicted octanol–water partition coefficient (Wildman–Crippen LogP) is 4.71. The highest BCUT2D eigenvalue weighted by Gasteiger charge is 2.23. The Balaban J connectivity index is 1.86. The van der Waals surface area contributed by atoms with Crippen LogP contribution in [0.3, 0.4) is 0 Å². The molecule has 0 aliphatic heterocycles. The zero-order valence-electron chi connectivity index (χ0n) is 17.8. The number of anilines is 1. The van der Waals surface area contributed by atoms with Crippen molar-refractivity contribution in [3.05, 3.63) is 64.2 Å². The van der Waals surface area contributed by atoms with Crippen molar-refractivity contribution < 1.29 is 9.59 Å². The van der Waals surface area contributed by atoms with Gasteiger partial charge in [-0.05, 0) is 39.3 Å². The summed E-state index contributed by atoms with van der Waals surface area (Å²) in [6, 6.07) is 11.5. The van der Waals surface area contributed by atoms with Gasteiger partial charge in [0.05, 0.1) is 28.4 Å². The van der Waals surface area contributed by atoms with E-state index in [0.717, 1.165) is 16.0 Å². The maximum Gasteiger partial charge on any atom is 0.257 e. The molecule has 4 rings (SSSR count). The molecule has 1 aromatic carbocycles. The van der Waals surface area contributed by atoms with Gasteiger partial charge in [-0.25, -0.2) is 9.67 Å². The molecule has 0 aliphatic carbocycles. The number of thiophene rings is 1. The largest absolute Gasteiger partial charge is 0.365 e. The van der Waals surface area contributed by atoms with Gasteiger partial charge in [0.25, 0.3) is 11.8 Å². The number of nitrogens with zero attached hydrogens (tertiary/aromatic N) is 3. The van der Waals surface area contributed by atoms with E-state index in [0.29, 0.717) is 32.9 Å². The zero-order chi connectivity index (χ0) is 22.3. The van der Waals surface area contributed by atoms with Crippen LogP contribution in [0, 0.1) is 13.8 Å². The third-order valence-electron chi connectivity index (χ3n) is 5.23. The highest BCUT2D eigenvalue weighted by atomic mass is 32.1. The van der Waals surface area contributed by atoms with Crippen LogP contribution in [0.1, 0.15) is 51.0 Å². The number of rotatable bonds is 5. The lowest BCUT2D eigenvalue weighted by Crippen LogP contribution is -2.18. The molecule has 8 heteroatoms. The molecule has 0 bridgehead atoms. The Kier molecular flexibility index (Phi) is 5.32. The molecular formula is C23H23N5O2S. The molecule has 158 valence electrons. The van der Waals surface area contributed by atoms with Crippen molar-refractivity contribution in [3.8, 4) is 11.3 Å². The molecule has 0 atom stereocenters. The van der Waals surface area contributed by atoms with Crippen LogP contribution in [0.15, 0.2) is 42.6 Å². The van der Waals surface area contributed by atoms with Crippen LogP contribution >= 0.6 is 11.3 Å². The summed E-state index contributed by atoms with van der Waals surface area (Å²) < 4.78 is 1.80. The monoisotopic (exact) mass is 433 g/mol. The van der Waals surface area contributed by atoms with Crippen molar-refractivity contribution in [3.63, 3.8) is 0 Å². The van der Waals surface area contributed by atoms with E-state index in [2.05, 4.69) is 10.4 Å². The number of aromatic nitrogens is 3. The fourth-order valence-electron chi connectivity index (χ4n) is 3.52. The van der Waals surface area contributed by atoms with Gasteiger partial charge in [0.2, 0.25) is 0 Å². The summed E-state index contributed by atoms with van der Waals surface area (Å²) >= 11 is 1.34. The van der Waals surface area contributed by atoms with E-state index in [-0.39, 0.29) is 11.9 Å². The zero-order valence-corrected chi connectivity index (χ0v) is 18.6. The molecule has 0 spiro atoms. The lowest BCUT2D eigenvalue weighted by atomic mass is 10.1. The van der Waals surface area contributed by atoms with Gasteiger partial charge in [0.1, 0.15) is 5.00 Å². The van der Waals surface area contributed by atoms with Crippen molar-refractivity contribution in [2.24, 2.45) is 5.73 Å². The summed E-state index contributed by atoms with van der Waals surface area (Å²) in [7, 11) is 0. The lowest BCUT2D eigenvalue weighted by molar-refractivity contribution is 0.100. The Bertz CT molecular complexity index is 1300. The van der Waals surface area contributed by atoms with Crippen LogP contribution in [0.2, 0.25) is 0 Å². The molecule has 2 amide bonds. The number of primary amides is 1. The van der Waals surface area contributed by atoms with Crippen molar-refractivity contribution in [2.75, 3.05) is 5.32 Å². The van der Waals surface area contributed by atoms with Gasteiger partial charge in [-0.2, -0.15) is 5.10 Å². The SMILES string of the molecule is Cc1sc(NC(=O)c2cc(-c3ccccc3)nc3c2cnn3C(C)C)c(C(N)=O)c1C. The number of fused-ring (bicyclic) bond motifs is 1. The number of amides is 2. The summed E-state index contributed by atoms with van der Waals surface area (Å²) in [5.41, 5.74) is 9.34. The van der Waals surface area contributed by atoms with E-state index in [4.69, 9.17) is 10.7 Å². The van der Waals surface area contributed by atoms with Gasteiger partial charge >= 0.3 is 0 Å². The first-order valence-corrected chi connectivity index (χ1v) is 10.7. The molecule has 0 unspecified atom stereocenters. The molecule has 31 heavy (non-hydrogen) atoms. The molecule has 3 aromatic heterocycles. The molecule has 4 aromatic rings. The third kappa shape index (κ3) is 3.70.